The summed E-state index contributed by atoms with van der Waals surface area (Å²) >= 11 is 0. The van der Waals surface area contributed by atoms with Crippen molar-refractivity contribution in [3.05, 3.63) is 30.6 Å². The lowest BCUT2D eigenvalue weighted by Gasteiger charge is -2.23. The van der Waals surface area contributed by atoms with E-state index in [1.165, 1.54) is 0 Å². The average molecular weight is 383 g/mol. The van der Waals surface area contributed by atoms with Crippen LogP contribution < -0.4 is 5.32 Å². The van der Waals surface area contributed by atoms with Gasteiger partial charge in [0.05, 0.1) is 11.1 Å². The van der Waals surface area contributed by atoms with Crippen molar-refractivity contribution >= 4 is 17.7 Å². The van der Waals surface area contributed by atoms with E-state index in [4.69, 9.17) is 0 Å². The van der Waals surface area contributed by atoms with E-state index in [0.29, 0.717) is 24.5 Å². The van der Waals surface area contributed by atoms with Crippen molar-refractivity contribution in [2.24, 2.45) is 11.3 Å². The van der Waals surface area contributed by atoms with Crippen LogP contribution in [0.15, 0.2) is 30.6 Å². The van der Waals surface area contributed by atoms with Crippen LogP contribution in [0.5, 0.6) is 0 Å². The van der Waals surface area contributed by atoms with Crippen LogP contribution in [0.25, 0.3) is 11.4 Å². The molecule has 0 bridgehead atoms. The van der Waals surface area contributed by atoms with Gasteiger partial charge >= 0.3 is 12.0 Å². The second kappa shape index (κ2) is 6.92. The Labute approximate surface area is 163 Å². The summed E-state index contributed by atoms with van der Waals surface area (Å²) in [6.45, 7) is 4.84. The number of fused-ring (bicyclic) bond motifs is 1. The fourth-order valence-corrected chi connectivity index (χ4v) is 4.59. The molecule has 2 amide bonds. The van der Waals surface area contributed by atoms with Crippen LogP contribution in [0.3, 0.4) is 0 Å². The van der Waals surface area contributed by atoms with Gasteiger partial charge in [0, 0.05) is 24.7 Å². The summed E-state index contributed by atoms with van der Waals surface area (Å²) in [6.07, 6.45) is 4.10. The Hall–Kier alpha value is -2.90. The van der Waals surface area contributed by atoms with Gasteiger partial charge in [-0.25, -0.2) is 4.79 Å². The van der Waals surface area contributed by atoms with Crippen LogP contribution in [0.1, 0.15) is 39.2 Å². The van der Waals surface area contributed by atoms with E-state index in [0.717, 1.165) is 18.4 Å². The molecule has 28 heavy (non-hydrogen) atoms. The maximum Gasteiger partial charge on any atom is 0.321 e. The molecular weight excluding hydrogens is 358 g/mol. The number of hydrogen-bond donors (Lipinski definition) is 2. The molecule has 1 saturated carbocycles. The van der Waals surface area contributed by atoms with Gasteiger partial charge in [-0.15, -0.1) is 10.2 Å². The number of carboxylic acids is 1. The number of para-hydroxylation sites is 1. The SMILES string of the molecule is CC(C)n1cnnc1-c1ccccc1NC(=O)N1C[C@@H]2CCC[C@@]2(C(=O)O)C1. The number of aromatic nitrogens is 3. The number of amides is 2. The van der Waals surface area contributed by atoms with Crippen LogP contribution in [0.2, 0.25) is 0 Å². The third kappa shape index (κ3) is 2.93. The molecule has 2 N–H and O–H groups in total. The van der Waals surface area contributed by atoms with E-state index in [9.17, 15) is 14.7 Å². The van der Waals surface area contributed by atoms with E-state index < -0.39 is 11.4 Å². The Bertz CT molecular complexity index is 909. The maximum absolute atomic E-state index is 12.9. The first-order valence-electron chi connectivity index (χ1n) is 9.70. The summed E-state index contributed by atoms with van der Waals surface area (Å²) in [5, 5.41) is 20.9. The van der Waals surface area contributed by atoms with Crippen LogP contribution in [0, 0.1) is 11.3 Å². The molecule has 148 valence electrons. The molecule has 1 aromatic carbocycles. The number of benzene rings is 1. The van der Waals surface area contributed by atoms with Crippen molar-refractivity contribution in [1.29, 1.82) is 0 Å². The minimum Gasteiger partial charge on any atom is -0.481 e. The fraction of sp³-hybridized carbons (Fsp3) is 0.500. The number of nitrogens with zero attached hydrogens (tertiary/aromatic N) is 4. The highest BCUT2D eigenvalue weighted by molar-refractivity contribution is 5.94. The minimum absolute atomic E-state index is 0.0371. The normalized spacial score (nSPS) is 23.8. The lowest BCUT2D eigenvalue weighted by molar-refractivity contribution is -0.149. The number of aliphatic carboxylic acids is 1. The number of likely N-dealkylation sites (tertiary alicyclic amines) is 1. The van der Waals surface area contributed by atoms with E-state index >= 15 is 0 Å². The molecule has 1 aliphatic carbocycles. The zero-order valence-electron chi connectivity index (χ0n) is 16.1. The molecule has 1 aromatic heterocycles. The van der Waals surface area contributed by atoms with Gasteiger partial charge in [-0.3, -0.25) is 4.79 Å². The molecule has 8 heteroatoms. The van der Waals surface area contributed by atoms with Gasteiger partial charge in [-0.2, -0.15) is 0 Å². The molecular formula is C20H25N5O3. The predicted molar refractivity (Wildman–Crippen MR) is 104 cm³/mol. The number of hydrogen-bond acceptors (Lipinski definition) is 4. The molecule has 0 unspecified atom stereocenters. The molecule has 2 fully saturated rings. The van der Waals surface area contributed by atoms with Gasteiger partial charge < -0.3 is 19.9 Å². The van der Waals surface area contributed by atoms with Crippen LogP contribution >= 0.6 is 0 Å². The summed E-state index contributed by atoms with van der Waals surface area (Å²) < 4.78 is 1.95. The molecule has 8 nitrogen and oxygen atoms in total. The van der Waals surface area contributed by atoms with Crippen molar-refractivity contribution in [2.45, 2.75) is 39.2 Å². The first-order chi connectivity index (χ1) is 13.4. The number of carboxylic acid groups (broad SMARTS) is 1. The third-order valence-corrected chi connectivity index (χ3v) is 6.12. The highest BCUT2D eigenvalue weighted by Gasteiger charge is 2.55. The standard InChI is InChI=1S/C20H25N5O3/c1-13(2)25-12-21-23-17(25)15-7-3-4-8-16(15)22-19(28)24-10-14-6-5-9-20(14,11-24)18(26)27/h3-4,7-8,12-14H,5-6,9-11H2,1-2H3,(H,22,28)(H,26,27)/t14-,20+/m0/s1. The lowest BCUT2D eigenvalue weighted by atomic mass is 9.81. The topological polar surface area (TPSA) is 100 Å². The van der Waals surface area contributed by atoms with Crippen molar-refractivity contribution in [3.63, 3.8) is 0 Å². The highest BCUT2D eigenvalue weighted by Crippen LogP contribution is 2.49. The summed E-state index contributed by atoms with van der Waals surface area (Å²) in [5.74, 6) is -0.0584. The molecule has 0 spiro atoms. The molecule has 1 aliphatic heterocycles. The van der Waals surface area contributed by atoms with E-state index in [1.54, 1.807) is 11.2 Å². The van der Waals surface area contributed by atoms with Gasteiger partial charge in [0.2, 0.25) is 0 Å². The van der Waals surface area contributed by atoms with Crippen molar-refractivity contribution < 1.29 is 14.7 Å². The van der Waals surface area contributed by atoms with Crippen molar-refractivity contribution in [3.8, 4) is 11.4 Å². The molecule has 0 radical (unpaired) electrons. The maximum atomic E-state index is 12.9. The Balaban J connectivity index is 1.57. The van der Waals surface area contributed by atoms with Gasteiger partial charge in [-0.1, -0.05) is 18.6 Å². The van der Waals surface area contributed by atoms with Crippen LogP contribution in [-0.4, -0.2) is 49.9 Å². The third-order valence-electron chi connectivity index (χ3n) is 6.12. The second-order valence-electron chi connectivity index (χ2n) is 8.06. The van der Waals surface area contributed by atoms with E-state index in [2.05, 4.69) is 15.5 Å². The fourth-order valence-electron chi connectivity index (χ4n) is 4.59. The summed E-state index contributed by atoms with van der Waals surface area (Å²) in [6, 6.07) is 7.39. The summed E-state index contributed by atoms with van der Waals surface area (Å²) in [7, 11) is 0. The zero-order valence-corrected chi connectivity index (χ0v) is 16.1. The van der Waals surface area contributed by atoms with Crippen molar-refractivity contribution in [1.82, 2.24) is 19.7 Å². The average Bonchev–Trinajstić information content (AvgIpc) is 3.36. The van der Waals surface area contributed by atoms with Gasteiger partial charge in [0.25, 0.3) is 0 Å². The van der Waals surface area contributed by atoms with Gasteiger partial charge in [0.1, 0.15) is 6.33 Å². The number of anilines is 1. The molecule has 2 aromatic rings. The van der Waals surface area contributed by atoms with Crippen LogP contribution in [-0.2, 0) is 4.79 Å². The summed E-state index contributed by atoms with van der Waals surface area (Å²) in [4.78, 5) is 26.4. The molecule has 2 aliphatic rings. The van der Waals surface area contributed by atoms with Crippen LogP contribution in [0.4, 0.5) is 10.5 Å². The monoisotopic (exact) mass is 383 g/mol. The zero-order chi connectivity index (χ0) is 19.9. The number of carbonyl (C=O) groups is 2. The highest BCUT2D eigenvalue weighted by atomic mass is 16.4. The predicted octanol–water partition coefficient (Wildman–Crippen LogP) is 3.24. The molecule has 1 saturated heterocycles. The Kier molecular flexibility index (Phi) is 4.56. The molecule has 4 rings (SSSR count). The number of nitrogens with one attached hydrogen (secondary N) is 1. The van der Waals surface area contributed by atoms with Crippen molar-refractivity contribution in [2.75, 3.05) is 18.4 Å². The number of urea groups is 1. The molecule has 2 heterocycles. The first-order valence-corrected chi connectivity index (χ1v) is 9.70. The second-order valence-corrected chi connectivity index (χ2v) is 8.06. The number of carbonyl (C=O) groups excluding carboxylic acids is 1. The van der Waals surface area contributed by atoms with Gasteiger partial charge in [0.15, 0.2) is 5.82 Å². The lowest BCUT2D eigenvalue weighted by Crippen LogP contribution is -2.38. The first kappa shape index (κ1) is 18.5. The molecule has 2 atom stereocenters. The number of rotatable bonds is 4. The Morgan fingerprint density at radius 3 is 2.82 bits per heavy atom. The quantitative estimate of drug-likeness (QED) is 0.844. The largest absolute Gasteiger partial charge is 0.481 e. The smallest absolute Gasteiger partial charge is 0.321 e. The van der Waals surface area contributed by atoms with E-state index in [1.807, 2.05) is 42.7 Å². The summed E-state index contributed by atoms with van der Waals surface area (Å²) in [5.41, 5.74) is 0.646. The Morgan fingerprint density at radius 1 is 1.32 bits per heavy atom. The van der Waals surface area contributed by atoms with Gasteiger partial charge in [-0.05, 0) is 44.7 Å². The Morgan fingerprint density at radius 2 is 2.11 bits per heavy atom. The minimum atomic E-state index is -0.783. The van der Waals surface area contributed by atoms with E-state index in [-0.39, 0.29) is 24.5 Å².